The monoisotopic (exact) mass is 296 g/mol. The van der Waals surface area contributed by atoms with E-state index in [2.05, 4.69) is 0 Å². The van der Waals surface area contributed by atoms with E-state index in [1.54, 1.807) is 12.1 Å². The lowest BCUT2D eigenvalue weighted by Crippen LogP contribution is -2.36. The number of carbonyl (C=O) groups is 2. The second kappa shape index (κ2) is 5.99. The smallest absolute Gasteiger partial charge is 0.328 e. The highest BCUT2D eigenvalue weighted by Gasteiger charge is 2.22. The van der Waals surface area contributed by atoms with Gasteiger partial charge in [0.15, 0.2) is 0 Å². The van der Waals surface area contributed by atoms with Gasteiger partial charge in [-0.15, -0.1) is 0 Å². The molecule has 5 nitrogen and oxygen atoms in total. The number of nitrogens with two attached hydrogens (primary N) is 1. The largest absolute Gasteiger partial charge is 0.425 e. The Morgan fingerprint density at radius 3 is 2.64 bits per heavy atom. The molecule has 22 heavy (non-hydrogen) atoms. The lowest BCUT2D eigenvalue weighted by atomic mass is 10.0. The van der Waals surface area contributed by atoms with Gasteiger partial charge in [-0.05, 0) is 35.9 Å². The predicted molar refractivity (Wildman–Crippen MR) is 83.3 cm³/mol. The number of nitrogens with zero attached hydrogens (tertiary/aromatic N) is 1. The molecule has 0 aliphatic carbocycles. The van der Waals surface area contributed by atoms with Gasteiger partial charge in [0.25, 0.3) is 0 Å². The molecule has 0 saturated carbocycles. The third-order valence-corrected chi connectivity index (χ3v) is 3.65. The molecule has 0 amide bonds. The van der Waals surface area contributed by atoms with Crippen LogP contribution in [0, 0.1) is 0 Å². The first-order valence-corrected chi connectivity index (χ1v) is 7.05. The van der Waals surface area contributed by atoms with E-state index in [4.69, 9.17) is 10.5 Å². The van der Waals surface area contributed by atoms with Gasteiger partial charge in [-0.25, -0.2) is 4.79 Å². The van der Waals surface area contributed by atoms with Crippen molar-refractivity contribution in [2.75, 3.05) is 11.4 Å². The van der Waals surface area contributed by atoms with E-state index in [1.165, 1.54) is 0 Å². The van der Waals surface area contributed by atoms with Crippen molar-refractivity contribution in [3.8, 4) is 5.75 Å². The van der Waals surface area contributed by atoms with Crippen molar-refractivity contribution in [3.63, 3.8) is 0 Å². The van der Waals surface area contributed by atoms with Crippen LogP contribution in [0.25, 0.3) is 0 Å². The van der Waals surface area contributed by atoms with Crippen LogP contribution in [-0.2, 0) is 16.0 Å². The molecule has 0 radical (unpaired) electrons. The third kappa shape index (κ3) is 2.71. The van der Waals surface area contributed by atoms with Crippen LogP contribution in [0.1, 0.15) is 5.56 Å². The topological polar surface area (TPSA) is 72.6 Å². The second-order valence-corrected chi connectivity index (χ2v) is 5.13. The Labute approximate surface area is 128 Å². The zero-order valence-electron chi connectivity index (χ0n) is 11.9. The molecule has 0 aromatic heterocycles. The number of anilines is 2. The average Bonchev–Trinajstić information content (AvgIpc) is 2.56. The second-order valence-electron chi connectivity index (χ2n) is 5.13. The van der Waals surface area contributed by atoms with E-state index in [0.717, 1.165) is 23.2 Å². The minimum atomic E-state index is -0.754. The molecular weight excluding hydrogens is 280 g/mol. The highest BCUT2D eigenvalue weighted by Crippen LogP contribution is 2.31. The Bertz CT molecular complexity index is 697. The maximum absolute atomic E-state index is 12.0. The molecule has 2 heterocycles. The highest BCUT2D eigenvalue weighted by atomic mass is 16.5. The standard InChI is InChI=1S/C17H16N2O3/c18-15-11-12-3-1-2-4-16(12)19(9-10-20)13-5-7-14(8-6-13)22-17(15)21/h1-8,10,15H,9,11,18H2. The fraction of sp³-hybridized carbons (Fsp3) is 0.176. The molecule has 5 heteroatoms. The van der Waals surface area contributed by atoms with E-state index < -0.39 is 12.0 Å². The summed E-state index contributed by atoms with van der Waals surface area (Å²) in [5.74, 6) is -0.0207. The zero-order valence-corrected chi connectivity index (χ0v) is 11.9. The summed E-state index contributed by atoms with van der Waals surface area (Å²) in [4.78, 5) is 25.0. The number of aldehydes is 1. The van der Waals surface area contributed by atoms with E-state index in [9.17, 15) is 9.59 Å². The maximum Gasteiger partial charge on any atom is 0.328 e. The molecule has 2 aromatic carbocycles. The molecule has 4 rings (SSSR count). The predicted octanol–water partition coefficient (Wildman–Crippen LogP) is 1.81. The first-order valence-electron chi connectivity index (χ1n) is 7.05. The van der Waals surface area contributed by atoms with Crippen LogP contribution in [-0.4, -0.2) is 24.8 Å². The third-order valence-electron chi connectivity index (χ3n) is 3.65. The quantitative estimate of drug-likeness (QED) is 0.520. The maximum atomic E-state index is 12.0. The number of fused-ring (bicyclic) bond motifs is 5. The summed E-state index contributed by atoms with van der Waals surface area (Å²) >= 11 is 0. The number of ether oxygens (including phenoxy) is 1. The van der Waals surface area contributed by atoms with Crippen molar-refractivity contribution in [2.24, 2.45) is 5.73 Å². The Morgan fingerprint density at radius 1 is 1.18 bits per heavy atom. The summed E-state index contributed by atoms with van der Waals surface area (Å²) in [7, 11) is 0. The van der Waals surface area contributed by atoms with Gasteiger partial charge >= 0.3 is 5.97 Å². The van der Waals surface area contributed by atoms with Crippen LogP contribution in [0.2, 0.25) is 0 Å². The van der Waals surface area contributed by atoms with Crippen LogP contribution in [0.4, 0.5) is 11.4 Å². The van der Waals surface area contributed by atoms with Crippen molar-refractivity contribution in [1.29, 1.82) is 0 Å². The summed E-state index contributed by atoms with van der Waals surface area (Å²) in [6.07, 6.45) is 1.21. The molecule has 112 valence electrons. The van der Waals surface area contributed by atoms with Gasteiger partial charge in [-0.2, -0.15) is 0 Å². The fourth-order valence-electron chi connectivity index (χ4n) is 2.57. The van der Waals surface area contributed by atoms with Gasteiger partial charge in [0.1, 0.15) is 18.1 Å². The van der Waals surface area contributed by atoms with Gasteiger partial charge in [0.2, 0.25) is 0 Å². The minimum absolute atomic E-state index is 0.223. The molecule has 1 unspecified atom stereocenters. The lowest BCUT2D eigenvalue weighted by Gasteiger charge is -2.25. The van der Waals surface area contributed by atoms with Crippen molar-refractivity contribution in [1.82, 2.24) is 0 Å². The summed E-state index contributed by atoms with van der Waals surface area (Å²) in [6, 6.07) is 13.9. The number of benzene rings is 2. The molecule has 2 N–H and O–H groups in total. The van der Waals surface area contributed by atoms with Gasteiger partial charge in [0.05, 0.1) is 6.54 Å². The van der Waals surface area contributed by atoms with E-state index >= 15 is 0 Å². The Balaban J connectivity index is 2.16. The molecule has 1 atom stereocenters. The molecule has 0 fully saturated rings. The van der Waals surface area contributed by atoms with E-state index in [-0.39, 0.29) is 6.54 Å². The first-order chi connectivity index (χ1) is 10.7. The summed E-state index contributed by atoms with van der Waals surface area (Å²) in [6.45, 7) is 0.223. The number of esters is 1. The molecule has 2 aliphatic heterocycles. The number of para-hydroxylation sites is 1. The molecule has 2 aliphatic rings. The summed E-state index contributed by atoms with van der Waals surface area (Å²) < 4.78 is 5.27. The Hall–Kier alpha value is -2.66. The van der Waals surface area contributed by atoms with Crippen molar-refractivity contribution in [2.45, 2.75) is 12.5 Å². The van der Waals surface area contributed by atoms with Gasteiger partial charge in [-0.3, -0.25) is 0 Å². The summed E-state index contributed by atoms with van der Waals surface area (Å²) in [5, 5.41) is 0. The Morgan fingerprint density at radius 2 is 1.91 bits per heavy atom. The summed E-state index contributed by atoms with van der Waals surface area (Å²) in [5.41, 5.74) is 8.58. The lowest BCUT2D eigenvalue weighted by molar-refractivity contribution is -0.135. The van der Waals surface area contributed by atoms with Crippen molar-refractivity contribution < 1.29 is 14.3 Å². The normalized spacial score (nSPS) is 17.4. The number of carbonyl (C=O) groups excluding carboxylic acids is 2. The number of hydrogen-bond donors (Lipinski definition) is 1. The number of hydrogen-bond acceptors (Lipinski definition) is 5. The van der Waals surface area contributed by atoms with E-state index in [1.807, 2.05) is 41.3 Å². The zero-order chi connectivity index (χ0) is 15.5. The van der Waals surface area contributed by atoms with Gasteiger partial charge < -0.3 is 20.2 Å². The van der Waals surface area contributed by atoms with Crippen LogP contribution in [0.3, 0.4) is 0 Å². The highest BCUT2D eigenvalue weighted by molar-refractivity contribution is 5.80. The Kier molecular flexibility index (Phi) is 3.89. The van der Waals surface area contributed by atoms with Crippen molar-refractivity contribution >= 4 is 23.6 Å². The minimum Gasteiger partial charge on any atom is -0.425 e. The van der Waals surface area contributed by atoms with Crippen molar-refractivity contribution in [3.05, 3.63) is 54.1 Å². The molecule has 0 spiro atoms. The van der Waals surface area contributed by atoms with Crippen LogP contribution >= 0.6 is 0 Å². The average molecular weight is 296 g/mol. The molecule has 0 saturated heterocycles. The SMILES string of the molecule is NC1Cc2ccccc2N(CC=O)c2ccc(cc2)OC1=O. The van der Waals surface area contributed by atoms with Crippen LogP contribution in [0.15, 0.2) is 48.5 Å². The molecule has 2 aromatic rings. The number of rotatable bonds is 2. The van der Waals surface area contributed by atoms with Crippen LogP contribution in [0.5, 0.6) is 5.75 Å². The van der Waals surface area contributed by atoms with Gasteiger partial charge in [0, 0.05) is 17.8 Å². The van der Waals surface area contributed by atoms with E-state index in [0.29, 0.717) is 12.2 Å². The first kappa shape index (κ1) is 14.3. The molecular formula is C17H16N2O3. The molecule has 2 bridgehead atoms. The van der Waals surface area contributed by atoms with Gasteiger partial charge in [-0.1, -0.05) is 18.2 Å². The fourth-order valence-corrected chi connectivity index (χ4v) is 2.57. The van der Waals surface area contributed by atoms with Crippen LogP contribution < -0.4 is 15.4 Å².